The molecule has 3 amide bonds. The molecule has 1 aromatic rings. The van der Waals surface area contributed by atoms with Crippen molar-refractivity contribution < 1.29 is 14.3 Å². The third kappa shape index (κ3) is 4.60. The molecule has 2 rings (SSSR count). The Hall–Kier alpha value is -1.76. The van der Waals surface area contributed by atoms with Gasteiger partial charge < -0.3 is 20.3 Å². The predicted molar refractivity (Wildman–Crippen MR) is 90.9 cm³/mol. The molecule has 23 heavy (non-hydrogen) atoms. The van der Waals surface area contributed by atoms with Crippen LogP contribution in [0.5, 0.6) is 0 Å². The number of likely N-dealkylation sites (tertiary alicyclic amines) is 1. The first-order chi connectivity index (χ1) is 10.9. The molecular formula is C16H25N3O3S. The number of thiophene rings is 1. The molecule has 2 heterocycles. The number of aryl methyl sites for hydroxylation is 2. The minimum absolute atomic E-state index is 0.0184. The lowest BCUT2D eigenvalue weighted by Crippen LogP contribution is -2.49. The van der Waals surface area contributed by atoms with Crippen molar-refractivity contribution in [3.8, 4) is 0 Å². The van der Waals surface area contributed by atoms with Gasteiger partial charge in [0.05, 0.1) is 13.2 Å². The topological polar surface area (TPSA) is 70.7 Å². The van der Waals surface area contributed by atoms with Crippen LogP contribution in [0.25, 0.3) is 0 Å². The number of carbonyl (C=O) groups excluding carboxylic acids is 2. The number of piperidine rings is 1. The highest BCUT2D eigenvalue weighted by Gasteiger charge is 2.24. The normalized spacial score (nSPS) is 16.8. The second-order valence-electron chi connectivity index (χ2n) is 5.94. The third-order valence-electron chi connectivity index (χ3n) is 4.16. The molecule has 1 fully saturated rings. The summed E-state index contributed by atoms with van der Waals surface area (Å²) in [5.41, 5.74) is 1.17. The number of urea groups is 1. The second kappa shape index (κ2) is 7.68. The predicted octanol–water partition coefficient (Wildman–Crippen LogP) is 2.96. The number of hydrogen-bond donors (Lipinski definition) is 2. The minimum Gasteiger partial charge on any atom is -0.453 e. The zero-order valence-electron chi connectivity index (χ0n) is 14.1. The molecule has 7 heteroatoms. The Morgan fingerprint density at radius 3 is 2.52 bits per heavy atom. The molecule has 0 spiro atoms. The van der Waals surface area contributed by atoms with Crippen LogP contribution in [0, 0.1) is 13.8 Å². The Morgan fingerprint density at radius 2 is 2.00 bits per heavy atom. The maximum absolute atomic E-state index is 12.2. The van der Waals surface area contributed by atoms with Gasteiger partial charge in [-0.3, -0.25) is 0 Å². The average molecular weight is 339 g/mol. The van der Waals surface area contributed by atoms with Crippen molar-refractivity contribution in [2.24, 2.45) is 0 Å². The maximum atomic E-state index is 12.2. The van der Waals surface area contributed by atoms with Crippen molar-refractivity contribution in [2.45, 2.75) is 45.7 Å². The van der Waals surface area contributed by atoms with Crippen molar-refractivity contribution in [3.05, 3.63) is 21.4 Å². The van der Waals surface area contributed by atoms with Gasteiger partial charge in [0, 0.05) is 28.9 Å². The van der Waals surface area contributed by atoms with Gasteiger partial charge in [-0.2, -0.15) is 0 Å². The van der Waals surface area contributed by atoms with Crippen LogP contribution < -0.4 is 10.6 Å². The fourth-order valence-corrected chi connectivity index (χ4v) is 3.94. The number of methoxy groups -OCH3 is 1. The van der Waals surface area contributed by atoms with E-state index in [0.717, 1.165) is 12.8 Å². The summed E-state index contributed by atoms with van der Waals surface area (Å²) < 4.78 is 4.71. The molecule has 0 saturated carbocycles. The van der Waals surface area contributed by atoms with Crippen LogP contribution in [0.15, 0.2) is 6.07 Å². The first-order valence-electron chi connectivity index (χ1n) is 7.87. The van der Waals surface area contributed by atoms with E-state index in [2.05, 4.69) is 30.5 Å². The van der Waals surface area contributed by atoms with Gasteiger partial charge in [0.15, 0.2) is 0 Å². The highest BCUT2D eigenvalue weighted by atomic mass is 32.1. The fourth-order valence-electron chi connectivity index (χ4n) is 2.92. The average Bonchev–Trinajstić information content (AvgIpc) is 2.86. The first-order valence-corrected chi connectivity index (χ1v) is 8.69. The van der Waals surface area contributed by atoms with E-state index in [0.29, 0.717) is 13.1 Å². The van der Waals surface area contributed by atoms with Crippen LogP contribution >= 0.6 is 11.3 Å². The summed E-state index contributed by atoms with van der Waals surface area (Å²) in [6.07, 6.45) is 1.19. The maximum Gasteiger partial charge on any atom is 0.409 e. The number of amides is 3. The highest BCUT2D eigenvalue weighted by molar-refractivity contribution is 7.12. The van der Waals surface area contributed by atoms with E-state index in [9.17, 15) is 9.59 Å². The summed E-state index contributed by atoms with van der Waals surface area (Å²) >= 11 is 1.74. The van der Waals surface area contributed by atoms with Crippen molar-refractivity contribution in [1.29, 1.82) is 0 Å². The van der Waals surface area contributed by atoms with Crippen molar-refractivity contribution in [3.63, 3.8) is 0 Å². The summed E-state index contributed by atoms with van der Waals surface area (Å²) in [4.78, 5) is 27.7. The molecule has 0 bridgehead atoms. The lowest BCUT2D eigenvalue weighted by atomic mass is 10.1. The van der Waals surface area contributed by atoms with Crippen LogP contribution in [0.3, 0.4) is 0 Å². The van der Waals surface area contributed by atoms with Gasteiger partial charge in [-0.05, 0) is 45.2 Å². The zero-order valence-corrected chi connectivity index (χ0v) is 15.0. The quantitative estimate of drug-likeness (QED) is 0.889. The Balaban J connectivity index is 1.79. The SMILES string of the molecule is COC(=O)N1CCC(NC(=O)N[C@@H](C)c2cc(C)sc2C)CC1. The number of nitrogens with zero attached hydrogens (tertiary/aromatic N) is 1. The van der Waals surface area contributed by atoms with Gasteiger partial charge in [0.25, 0.3) is 0 Å². The highest BCUT2D eigenvalue weighted by Crippen LogP contribution is 2.26. The minimum atomic E-state index is -0.301. The van der Waals surface area contributed by atoms with E-state index < -0.39 is 0 Å². The summed E-state index contributed by atoms with van der Waals surface area (Å²) in [5.74, 6) is 0. The molecule has 1 aliphatic heterocycles. The summed E-state index contributed by atoms with van der Waals surface area (Å²) in [7, 11) is 1.38. The Morgan fingerprint density at radius 1 is 1.35 bits per heavy atom. The second-order valence-corrected chi connectivity index (χ2v) is 7.40. The van der Waals surface area contributed by atoms with E-state index in [1.165, 1.54) is 22.4 Å². The standard InChI is InChI=1S/C16H25N3O3S/c1-10-9-14(12(3)23-10)11(2)17-15(20)18-13-5-7-19(8-6-13)16(21)22-4/h9,11,13H,5-8H2,1-4H3,(H2,17,18,20)/t11-/m0/s1. The molecule has 0 unspecified atom stereocenters. The van der Waals surface area contributed by atoms with Crippen molar-refractivity contribution in [1.82, 2.24) is 15.5 Å². The van der Waals surface area contributed by atoms with Gasteiger partial charge in [-0.15, -0.1) is 11.3 Å². The first kappa shape index (κ1) is 17.6. The van der Waals surface area contributed by atoms with Gasteiger partial charge in [-0.1, -0.05) is 0 Å². The molecular weight excluding hydrogens is 314 g/mol. The van der Waals surface area contributed by atoms with Gasteiger partial charge in [0.2, 0.25) is 0 Å². The molecule has 1 aliphatic rings. The van der Waals surface area contributed by atoms with E-state index >= 15 is 0 Å². The Labute approximate surface area is 141 Å². The van der Waals surface area contributed by atoms with Crippen molar-refractivity contribution >= 4 is 23.5 Å². The largest absolute Gasteiger partial charge is 0.453 e. The lowest BCUT2D eigenvalue weighted by Gasteiger charge is -2.31. The van der Waals surface area contributed by atoms with Crippen molar-refractivity contribution in [2.75, 3.05) is 20.2 Å². The molecule has 0 aliphatic carbocycles. The summed E-state index contributed by atoms with van der Waals surface area (Å²) in [6, 6.07) is 2.04. The molecule has 1 atom stereocenters. The number of nitrogens with one attached hydrogen (secondary N) is 2. The number of hydrogen-bond acceptors (Lipinski definition) is 4. The van der Waals surface area contributed by atoms with Gasteiger partial charge >= 0.3 is 12.1 Å². The number of rotatable bonds is 3. The van der Waals surface area contributed by atoms with Crippen LogP contribution in [0.2, 0.25) is 0 Å². The summed E-state index contributed by atoms with van der Waals surface area (Å²) in [5, 5.41) is 5.99. The molecule has 0 aromatic carbocycles. The van der Waals surface area contributed by atoms with Crippen LogP contribution in [0.4, 0.5) is 9.59 Å². The number of ether oxygens (including phenoxy) is 1. The van der Waals surface area contributed by atoms with Crippen LogP contribution in [-0.4, -0.2) is 43.3 Å². The molecule has 2 N–H and O–H groups in total. The number of carbonyl (C=O) groups is 2. The molecule has 6 nitrogen and oxygen atoms in total. The fraction of sp³-hybridized carbons (Fsp3) is 0.625. The zero-order chi connectivity index (χ0) is 17.0. The van der Waals surface area contributed by atoms with E-state index in [1.54, 1.807) is 16.2 Å². The molecule has 1 saturated heterocycles. The van der Waals surface area contributed by atoms with Gasteiger partial charge in [0.1, 0.15) is 0 Å². The van der Waals surface area contributed by atoms with E-state index in [-0.39, 0.29) is 24.2 Å². The van der Waals surface area contributed by atoms with Crippen LogP contribution in [0.1, 0.15) is 41.1 Å². The lowest BCUT2D eigenvalue weighted by molar-refractivity contribution is 0.110. The molecule has 0 radical (unpaired) electrons. The monoisotopic (exact) mass is 339 g/mol. The van der Waals surface area contributed by atoms with Gasteiger partial charge in [-0.25, -0.2) is 9.59 Å². The molecule has 1 aromatic heterocycles. The summed E-state index contributed by atoms with van der Waals surface area (Å²) in [6.45, 7) is 7.36. The Kier molecular flexibility index (Phi) is 5.87. The van der Waals surface area contributed by atoms with E-state index in [1.807, 2.05) is 6.92 Å². The van der Waals surface area contributed by atoms with E-state index in [4.69, 9.17) is 4.74 Å². The molecule has 128 valence electrons. The van der Waals surface area contributed by atoms with Crippen LogP contribution in [-0.2, 0) is 4.74 Å². The Bertz CT molecular complexity index is 565. The third-order valence-corrected chi connectivity index (χ3v) is 5.14. The smallest absolute Gasteiger partial charge is 0.409 e.